The Morgan fingerprint density at radius 1 is 1.17 bits per heavy atom. The number of hydrogen-bond acceptors (Lipinski definition) is 5. The third-order valence-electron chi connectivity index (χ3n) is 6.07. The van der Waals surface area contributed by atoms with Gasteiger partial charge in [0.25, 0.3) is 5.91 Å². The first-order valence-electron chi connectivity index (χ1n) is 10.0. The van der Waals surface area contributed by atoms with Crippen LogP contribution < -0.4 is 0 Å². The number of ether oxygens (including phenoxy) is 1. The highest BCUT2D eigenvalue weighted by Gasteiger charge is 2.36. The van der Waals surface area contributed by atoms with E-state index in [9.17, 15) is 14.7 Å². The summed E-state index contributed by atoms with van der Waals surface area (Å²) in [5, 5.41) is 10.1. The number of pyridine rings is 1. The Bertz CT molecular complexity index is 974. The van der Waals surface area contributed by atoms with Crippen molar-refractivity contribution in [2.24, 2.45) is 5.92 Å². The van der Waals surface area contributed by atoms with Crippen LogP contribution in [0.5, 0.6) is 0 Å². The molecule has 1 N–H and O–H groups in total. The van der Waals surface area contributed by atoms with Gasteiger partial charge in [0.1, 0.15) is 0 Å². The molecule has 1 aromatic carbocycles. The minimum absolute atomic E-state index is 0.0159. The zero-order chi connectivity index (χ0) is 20.7. The van der Waals surface area contributed by atoms with E-state index < -0.39 is 5.97 Å². The first kappa shape index (κ1) is 19.8. The van der Waals surface area contributed by atoms with Gasteiger partial charge >= 0.3 is 5.97 Å². The molecule has 0 aliphatic carbocycles. The van der Waals surface area contributed by atoms with Gasteiger partial charge in [-0.05, 0) is 38.0 Å². The average molecular weight is 397 g/mol. The number of carboxylic acids is 1. The largest absolute Gasteiger partial charge is 0.480 e. The lowest BCUT2D eigenvalue weighted by Crippen LogP contribution is -2.47. The highest BCUT2D eigenvalue weighted by Crippen LogP contribution is 2.27. The number of carbonyl (C=O) groups is 2. The molecule has 7 heteroatoms. The Kier molecular flexibility index (Phi) is 5.27. The predicted molar refractivity (Wildman–Crippen MR) is 109 cm³/mol. The molecule has 3 heterocycles. The van der Waals surface area contributed by atoms with Gasteiger partial charge in [-0.25, -0.2) is 0 Å². The molecule has 2 aliphatic heterocycles. The third-order valence-corrected chi connectivity index (χ3v) is 6.07. The number of amides is 1. The maximum Gasteiger partial charge on any atom is 0.317 e. The van der Waals surface area contributed by atoms with Crippen LogP contribution >= 0.6 is 0 Å². The molecule has 154 valence electrons. The van der Waals surface area contributed by atoms with Gasteiger partial charge in [0.05, 0.1) is 36.9 Å². The number of aromatic nitrogens is 1. The van der Waals surface area contributed by atoms with Crippen LogP contribution in [0.1, 0.15) is 27.2 Å². The second-order valence-electron chi connectivity index (χ2n) is 8.31. The molecule has 2 aromatic rings. The Balaban J connectivity index is 1.70. The van der Waals surface area contributed by atoms with Gasteiger partial charge in [0, 0.05) is 36.6 Å². The molecule has 2 saturated heterocycles. The summed E-state index contributed by atoms with van der Waals surface area (Å²) in [4.78, 5) is 33.4. The molecule has 0 saturated carbocycles. The fourth-order valence-corrected chi connectivity index (χ4v) is 4.47. The topological polar surface area (TPSA) is 83.0 Å². The molecule has 7 nitrogen and oxygen atoms in total. The van der Waals surface area contributed by atoms with E-state index in [4.69, 9.17) is 4.74 Å². The van der Waals surface area contributed by atoms with Gasteiger partial charge in [-0.3, -0.25) is 19.5 Å². The summed E-state index contributed by atoms with van der Waals surface area (Å²) in [7, 11) is 0. The molecule has 2 aliphatic rings. The van der Waals surface area contributed by atoms with E-state index in [0.717, 1.165) is 27.7 Å². The number of fused-ring (bicyclic) bond motifs is 4. The number of aliphatic carboxylic acids is 1. The summed E-state index contributed by atoms with van der Waals surface area (Å²) in [5.41, 5.74) is 4.61. The van der Waals surface area contributed by atoms with Crippen LogP contribution in [0.3, 0.4) is 0 Å². The second kappa shape index (κ2) is 7.72. The first-order valence-corrected chi connectivity index (χ1v) is 10.0. The van der Waals surface area contributed by atoms with Crippen molar-refractivity contribution in [2.75, 3.05) is 39.4 Å². The summed E-state index contributed by atoms with van der Waals surface area (Å²) in [6.45, 7) is 8.64. The predicted octanol–water partition coefficient (Wildman–Crippen LogP) is 2.02. The van der Waals surface area contributed by atoms with Gasteiger partial charge in [-0.2, -0.15) is 0 Å². The fraction of sp³-hybridized carbons (Fsp3) is 0.500. The SMILES string of the molecule is Cc1cc(C(=O)N2C[C@@H]3COC[C@H](C2)N(CC(=O)O)C3)c2ccc(C)c(C)c2n1. The molecule has 1 aromatic heterocycles. The second-order valence-corrected chi connectivity index (χ2v) is 8.31. The monoisotopic (exact) mass is 397 g/mol. The van der Waals surface area contributed by atoms with Gasteiger partial charge in [-0.1, -0.05) is 12.1 Å². The molecule has 1 amide bonds. The van der Waals surface area contributed by atoms with E-state index in [0.29, 0.717) is 38.4 Å². The summed E-state index contributed by atoms with van der Waals surface area (Å²) in [6, 6.07) is 5.77. The van der Waals surface area contributed by atoms with Crippen molar-refractivity contribution in [3.8, 4) is 0 Å². The minimum atomic E-state index is -0.850. The normalized spacial score (nSPS) is 22.5. The highest BCUT2D eigenvalue weighted by molar-refractivity contribution is 6.07. The van der Waals surface area contributed by atoms with Crippen molar-refractivity contribution in [1.29, 1.82) is 0 Å². The van der Waals surface area contributed by atoms with Crippen molar-refractivity contribution in [1.82, 2.24) is 14.8 Å². The molecule has 2 fully saturated rings. The number of nitrogens with zero attached hydrogens (tertiary/aromatic N) is 3. The summed E-state index contributed by atoms with van der Waals surface area (Å²) in [5.74, 6) is -0.765. The molecular formula is C22H27N3O4. The summed E-state index contributed by atoms with van der Waals surface area (Å²) >= 11 is 0. The van der Waals surface area contributed by atoms with Crippen LogP contribution in [0, 0.1) is 26.7 Å². The highest BCUT2D eigenvalue weighted by atomic mass is 16.5. The minimum Gasteiger partial charge on any atom is -0.480 e. The van der Waals surface area contributed by atoms with E-state index in [1.54, 1.807) is 0 Å². The smallest absolute Gasteiger partial charge is 0.317 e. The van der Waals surface area contributed by atoms with E-state index in [2.05, 4.69) is 4.98 Å². The molecule has 0 spiro atoms. The molecule has 0 radical (unpaired) electrons. The van der Waals surface area contributed by atoms with Gasteiger partial charge in [0.15, 0.2) is 0 Å². The lowest BCUT2D eigenvalue weighted by atomic mass is 10.00. The van der Waals surface area contributed by atoms with E-state index in [1.807, 2.05) is 48.8 Å². The van der Waals surface area contributed by atoms with Crippen molar-refractivity contribution in [3.05, 3.63) is 40.6 Å². The zero-order valence-corrected chi connectivity index (χ0v) is 17.1. The Morgan fingerprint density at radius 3 is 2.72 bits per heavy atom. The van der Waals surface area contributed by atoms with Gasteiger partial charge < -0.3 is 14.7 Å². The quantitative estimate of drug-likeness (QED) is 0.853. The van der Waals surface area contributed by atoms with Crippen LogP contribution in [0.4, 0.5) is 0 Å². The van der Waals surface area contributed by atoms with Crippen molar-refractivity contribution >= 4 is 22.8 Å². The van der Waals surface area contributed by atoms with E-state index >= 15 is 0 Å². The molecule has 2 bridgehead atoms. The number of carbonyl (C=O) groups excluding carboxylic acids is 1. The van der Waals surface area contributed by atoms with Gasteiger partial charge in [0.2, 0.25) is 0 Å². The standard InChI is InChI=1S/C22H27N3O4/c1-13-4-5-18-19(6-14(2)23-21(18)15(13)3)22(28)25-8-16-7-24(10-20(26)27)17(9-25)12-29-11-16/h4-6,16-17H,7-12H2,1-3H3,(H,26,27)/t16-,17+/m1/s1. The fourth-order valence-electron chi connectivity index (χ4n) is 4.47. The molecule has 0 unspecified atom stereocenters. The Hall–Kier alpha value is -2.51. The van der Waals surface area contributed by atoms with Crippen molar-refractivity contribution < 1.29 is 19.4 Å². The van der Waals surface area contributed by atoms with E-state index in [1.165, 1.54) is 0 Å². The molecule has 29 heavy (non-hydrogen) atoms. The molecule has 4 rings (SSSR count). The first-order chi connectivity index (χ1) is 13.8. The number of rotatable bonds is 3. The zero-order valence-electron chi connectivity index (χ0n) is 17.1. The summed E-state index contributed by atoms with van der Waals surface area (Å²) in [6.07, 6.45) is 0. The Labute approximate surface area is 170 Å². The third kappa shape index (κ3) is 3.84. The maximum atomic E-state index is 13.6. The van der Waals surface area contributed by atoms with Gasteiger partial charge in [-0.15, -0.1) is 0 Å². The summed E-state index contributed by atoms with van der Waals surface area (Å²) < 4.78 is 5.74. The maximum absolute atomic E-state index is 13.6. The van der Waals surface area contributed by atoms with Crippen molar-refractivity contribution in [3.63, 3.8) is 0 Å². The van der Waals surface area contributed by atoms with Crippen LogP contribution in [-0.4, -0.2) is 77.2 Å². The molecular weight excluding hydrogens is 370 g/mol. The number of benzene rings is 1. The number of carboxylic acid groups (broad SMARTS) is 1. The lowest BCUT2D eigenvalue weighted by molar-refractivity contribution is -0.139. The lowest BCUT2D eigenvalue weighted by Gasteiger charge is -2.31. The van der Waals surface area contributed by atoms with Crippen LogP contribution in [-0.2, 0) is 9.53 Å². The Morgan fingerprint density at radius 2 is 1.97 bits per heavy atom. The van der Waals surface area contributed by atoms with Crippen molar-refractivity contribution in [2.45, 2.75) is 26.8 Å². The van der Waals surface area contributed by atoms with E-state index in [-0.39, 0.29) is 24.4 Å². The number of aryl methyl sites for hydroxylation is 3. The van der Waals surface area contributed by atoms with Crippen LogP contribution in [0.15, 0.2) is 18.2 Å². The average Bonchev–Trinajstić information content (AvgIpc) is 2.93. The molecule has 2 atom stereocenters. The number of hydrogen-bond donors (Lipinski definition) is 1. The van der Waals surface area contributed by atoms with Crippen LogP contribution in [0.25, 0.3) is 10.9 Å². The van der Waals surface area contributed by atoms with Crippen LogP contribution in [0.2, 0.25) is 0 Å².